The molecule has 0 spiro atoms. The van der Waals surface area contributed by atoms with Gasteiger partial charge in [0.25, 0.3) is 0 Å². The molecule has 96 valence electrons. The van der Waals surface area contributed by atoms with E-state index in [4.69, 9.17) is 16.3 Å². The van der Waals surface area contributed by atoms with Crippen molar-refractivity contribution >= 4 is 23.2 Å². The summed E-state index contributed by atoms with van der Waals surface area (Å²) in [5, 5.41) is 0. The number of fused-ring (bicyclic) bond motifs is 3. The minimum Gasteiger partial charge on any atom is -0.496 e. The number of carbonyl (C=O) groups is 1. The first-order chi connectivity index (χ1) is 8.76. The smallest absolute Gasteiger partial charge is 0.227 e. The van der Waals surface area contributed by atoms with E-state index in [0.717, 1.165) is 29.8 Å². The van der Waals surface area contributed by atoms with Crippen LogP contribution < -0.4 is 9.64 Å². The molecule has 4 heteroatoms. The van der Waals surface area contributed by atoms with Gasteiger partial charge in [0, 0.05) is 29.8 Å². The summed E-state index contributed by atoms with van der Waals surface area (Å²) in [6.07, 6.45) is 2.54. The van der Waals surface area contributed by atoms with Gasteiger partial charge in [0.15, 0.2) is 0 Å². The number of methoxy groups -OCH3 is 1. The minimum absolute atomic E-state index is 0.225. The average Bonchev–Trinajstić information content (AvgIpc) is 2.78. The highest BCUT2D eigenvalue weighted by Gasteiger charge is 2.40. The van der Waals surface area contributed by atoms with E-state index in [2.05, 4.69) is 0 Å². The van der Waals surface area contributed by atoms with Crippen LogP contribution in [0.2, 0.25) is 0 Å². The number of ether oxygens (including phenoxy) is 1. The van der Waals surface area contributed by atoms with Gasteiger partial charge in [-0.3, -0.25) is 4.79 Å². The number of rotatable bonds is 2. The van der Waals surface area contributed by atoms with Gasteiger partial charge in [0.2, 0.25) is 5.91 Å². The molecule has 0 aliphatic carbocycles. The van der Waals surface area contributed by atoms with Crippen LogP contribution in [0.4, 0.5) is 5.69 Å². The van der Waals surface area contributed by atoms with Crippen LogP contribution in [0, 0.1) is 0 Å². The number of anilines is 1. The van der Waals surface area contributed by atoms with E-state index in [9.17, 15) is 4.79 Å². The Bertz CT molecular complexity index is 489. The molecule has 2 heterocycles. The predicted octanol–water partition coefficient (Wildman–Crippen LogP) is 2.92. The number of alkyl halides is 1. The summed E-state index contributed by atoms with van der Waals surface area (Å²) >= 11 is 6.10. The van der Waals surface area contributed by atoms with E-state index in [1.165, 1.54) is 0 Å². The Labute approximate surface area is 112 Å². The van der Waals surface area contributed by atoms with E-state index in [1.54, 1.807) is 7.11 Å². The Balaban J connectivity index is 2.15. The van der Waals surface area contributed by atoms with Crippen molar-refractivity contribution in [2.75, 3.05) is 17.9 Å². The number of carbonyl (C=O) groups excluding carboxylic acids is 1. The molecule has 2 aliphatic heterocycles. The van der Waals surface area contributed by atoms with Gasteiger partial charge in [-0.1, -0.05) is 6.07 Å². The lowest BCUT2D eigenvalue weighted by molar-refractivity contribution is -0.117. The van der Waals surface area contributed by atoms with Crippen molar-refractivity contribution in [3.63, 3.8) is 0 Å². The van der Waals surface area contributed by atoms with E-state index in [1.807, 2.05) is 23.1 Å². The normalized spacial score (nSPS) is 25.9. The van der Waals surface area contributed by atoms with Gasteiger partial charge in [-0.15, -0.1) is 11.6 Å². The third-order valence-electron chi connectivity index (χ3n) is 4.00. The van der Waals surface area contributed by atoms with Crippen molar-refractivity contribution in [2.24, 2.45) is 0 Å². The number of hydrogen-bond acceptors (Lipinski definition) is 2. The highest BCUT2D eigenvalue weighted by atomic mass is 35.5. The molecule has 3 nitrogen and oxygen atoms in total. The molecule has 0 N–H and O–H groups in total. The van der Waals surface area contributed by atoms with Crippen LogP contribution in [0.5, 0.6) is 5.75 Å². The zero-order valence-electron chi connectivity index (χ0n) is 10.4. The lowest BCUT2D eigenvalue weighted by atomic mass is 9.86. The average molecular weight is 266 g/mol. The molecule has 0 radical (unpaired) electrons. The summed E-state index contributed by atoms with van der Waals surface area (Å²) in [6, 6.07) is 6.21. The second-order valence-electron chi connectivity index (χ2n) is 4.94. The highest BCUT2D eigenvalue weighted by molar-refractivity contribution is 6.18. The van der Waals surface area contributed by atoms with Crippen molar-refractivity contribution < 1.29 is 9.53 Å². The summed E-state index contributed by atoms with van der Waals surface area (Å²) in [5.74, 6) is 1.93. The standard InChI is InChI=1S/C14H16ClNO2/c1-18-12-4-2-3-11-14(12)9(8-15)7-10-5-6-13(17)16(10)11/h2-4,9-10H,5-8H2,1H3/t9-,10-/m1/s1. The number of nitrogens with zero attached hydrogens (tertiary/aromatic N) is 1. The summed E-state index contributed by atoms with van der Waals surface area (Å²) in [6.45, 7) is 0. The summed E-state index contributed by atoms with van der Waals surface area (Å²) in [5.41, 5.74) is 2.10. The molecule has 1 amide bonds. The maximum absolute atomic E-state index is 12.0. The SMILES string of the molecule is COc1cccc2c1[C@@H](CCl)C[C@H]1CCC(=O)N21. The van der Waals surface area contributed by atoms with E-state index >= 15 is 0 Å². The second-order valence-corrected chi connectivity index (χ2v) is 5.24. The fourth-order valence-electron chi connectivity index (χ4n) is 3.21. The molecule has 0 saturated carbocycles. The topological polar surface area (TPSA) is 29.5 Å². The molecule has 3 rings (SSSR count). The number of halogens is 1. The molecule has 18 heavy (non-hydrogen) atoms. The molecule has 0 aromatic heterocycles. The Morgan fingerprint density at radius 1 is 1.50 bits per heavy atom. The van der Waals surface area contributed by atoms with Gasteiger partial charge in [0.05, 0.1) is 12.8 Å². The quantitative estimate of drug-likeness (QED) is 0.770. The molecule has 1 saturated heterocycles. The lowest BCUT2D eigenvalue weighted by Crippen LogP contribution is -2.39. The van der Waals surface area contributed by atoms with Crippen molar-refractivity contribution in [2.45, 2.75) is 31.2 Å². The molecular formula is C14H16ClNO2. The zero-order valence-corrected chi connectivity index (χ0v) is 11.1. The van der Waals surface area contributed by atoms with Crippen molar-refractivity contribution in [3.8, 4) is 5.75 Å². The number of hydrogen-bond donors (Lipinski definition) is 0. The third kappa shape index (κ3) is 1.61. The fraction of sp³-hybridized carbons (Fsp3) is 0.500. The maximum Gasteiger partial charge on any atom is 0.227 e. The predicted molar refractivity (Wildman–Crippen MR) is 71.6 cm³/mol. The number of benzene rings is 1. The Kier molecular flexibility index (Phi) is 2.94. The van der Waals surface area contributed by atoms with Gasteiger partial charge >= 0.3 is 0 Å². The monoisotopic (exact) mass is 265 g/mol. The molecule has 2 atom stereocenters. The number of amides is 1. The van der Waals surface area contributed by atoms with Crippen molar-refractivity contribution in [3.05, 3.63) is 23.8 Å². The van der Waals surface area contributed by atoms with Gasteiger partial charge in [-0.25, -0.2) is 0 Å². The first-order valence-corrected chi connectivity index (χ1v) is 6.84. The van der Waals surface area contributed by atoms with E-state index in [-0.39, 0.29) is 11.8 Å². The van der Waals surface area contributed by atoms with E-state index in [0.29, 0.717) is 18.3 Å². The van der Waals surface area contributed by atoms with Crippen LogP contribution >= 0.6 is 11.6 Å². The maximum atomic E-state index is 12.0. The molecule has 1 aromatic rings. The Hall–Kier alpha value is -1.22. The van der Waals surface area contributed by atoms with Crippen LogP contribution in [0.1, 0.15) is 30.7 Å². The Morgan fingerprint density at radius 2 is 2.33 bits per heavy atom. The van der Waals surface area contributed by atoms with Gasteiger partial charge in [0.1, 0.15) is 5.75 Å². The zero-order chi connectivity index (χ0) is 12.7. The molecule has 1 aromatic carbocycles. The Morgan fingerprint density at radius 3 is 3.06 bits per heavy atom. The van der Waals surface area contributed by atoms with Gasteiger partial charge in [-0.05, 0) is 25.0 Å². The van der Waals surface area contributed by atoms with Crippen LogP contribution in [0.25, 0.3) is 0 Å². The van der Waals surface area contributed by atoms with Crippen LogP contribution in [0.3, 0.4) is 0 Å². The van der Waals surface area contributed by atoms with E-state index < -0.39 is 0 Å². The highest BCUT2D eigenvalue weighted by Crippen LogP contribution is 2.47. The first kappa shape index (κ1) is 11.8. The first-order valence-electron chi connectivity index (χ1n) is 6.31. The van der Waals surface area contributed by atoms with Gasteiger partial charge in [-0.2, -0.15) is 0 Å². The van der Waals surface area contributed by atoms with Crippen LogP contribution in [-0.2, 0) is 4.79 Å². The molecule has 0 bridgehead atoms. The molecule has 2 aliphatic rings. The van der Waals surface area contributed by atoms with Crippen LogP contribution in [0.15, 0.2) is 18.2 Å². The fourth-order valence-corrected chi connectivity index (χ4v) is 3.50. The lowest BCUT2D eigenvalue weighted by Gasteiger charge is -2.37. The van der Waals surface area contributed by atoms with Crippen molar-refractivity contribution in [1.29, 1.82) is 0 Å². The summed E-state index contributed by atoms with van der Waals surface area (Å²) in [7, 11) is 1.67. The minimum atomic E-state index is 0.225. The summed E-state index contributed by atoms with van der Waals surface area (Å²) < 4.78 is 5.43. The van der Waals surface area contributed by atoms with Crippen LogP contribution in [-0.4, -0.2) is 24.9 Å². The van der Waals surface area contributed by atoms with Gasteiger partial charge < -0.3 is 9.64 Å². The molecule has 0 unspecified atom stereocenters. The molecule has 1 fully saturated rings. The molecular weight excluding hydrogens is 250 g/mol. The second kappa shape index (κ2) is 4.47. The van der Waals surface area contributed by atoms with Crippen molar-refractivity contribution in [1.82, 2.24) is 0 Å². The summed E-state index contributed by atoms with van der Waals surface area (Å²) in [4.78, 5) is 14.0. The largest absolute Gasteiger partial charge is 0.496 e. The third-order valence-corrected chi connectivity index (χ3v) is 4.37.